The third-order valence-electron chi connectivity index (χ3n) is 8.81. The van der Waals surface area contributed by atoms with Gasteiger partial charge in [-0.25, -0.2) is 9.37 Å². The first-order valence-electron chi connectivity index (χ1n) is 13.7. The minimum Gasteiger partial charge on any atom is -0.353 e. The predicted octanol–water partition coefficient (Wildman–Crippen LogP) is 5.33. The van der Waals surface area contributed by atoms with Crippen molar-refractivity contribution in [3.63, 3.8) is 0 Å². The number of hydrogen-bond acceptors (Lipinski definition) is 3. The molecule has 7 rings (SSSR count). The average Bonchev–Trinajstić information content (AvgIpc) is 3.50. The van der Waals surface area contributed by atoms with Crippen LogP contribution in [0, 0.1) is 0 Å². The van der Waals surface area contributed by atoms with Gasteiger partial charge >= 0.3 is 0 Å². The summed E-state index contributed by atoms with van der Waals surface area (Å²) in [4.78, 5) is 24.4. The van der Waals surface area contributed by atoms with Crippen LogP contribution in [-0.4, -0.2) is 43.3 Å². The van der Waals surface area contributed by atoms with Crippen LogP contribution in [0.3, 0.4) is 0 Å². The number of fused-ring (bicyclic) bond motifs is 1. The molecular weight excluding hydrogens is 465 g/mol. The Morgan fingerprint density at radius 2 is 1.95 bits per heavy atom. The number of nitrogens with one attached hydrogen (secondary N) is 1. The number of nitrogens with zero attached hydrogens (tertiary/aromatic N) is 4. The molecule has 6 nitrogen and oxygen atoms in total. The van der Waals surface area contributed by atoms with Crippen molar-refractivity contribution in [1.82, 2.24) is 24.0 Å². The number of aromatic amines is 1. The minimum absolute atomic E-state index is 0.0236. The Hall–Kier alpha value is -3.19. The molecule has 2 aliphatic carbocycles. The molecule has 4 aromatic rings. The summed E-state index contributed by atoms with van der Waals surface area (Å²) in [5, 5.41) is 1.08. The van der Waals surface area contributed by atoms with Crippen molar-refractivity contribution in [3.05, 3.63) is 81.9 Å². The van der Waals surface area contributed by atoms with Gasteiger partial charge in [0.1, 0.15) is 17.5 Å². The van der Waals surface area contributed by atoms with Gasteiger partial charge in [0, 0.05) is 49.0 Å². The molecule has 0 spiro atoms. The van der Waals surface area contributed by atoms with Crippen LogP contribution in [0.1, 0.15) is 73.5 Å². The van der Waals surface area contributed by atoms with Crippen LogP contribution in [-0.2, 0) is 19.0 Å². The number of alkyl halides is 1. The van der Waals surface area contributed by atoms with E-state index in [0.29, 0.717) is 24.3 Å². The highest BCUT2D eigenvalue weighted by molar-refractivity contribution is 5.84. The van der Waals surface area contributed by atoms with Crippen LogP contribution in [0.4, 0.5) is 4.39 Å². The summed E-state index contributed by atoms with van der Waals surface area (Å²) in [6.07, 6.45) is 11.9. The summed E-state index contributed by atoms with van der Waals surface area (Å²) in [6.45, 7) is 3.11. The maximum atomic E-state index is 14.3. The molecule has 0 amide bonds. The van der Waals surface area contributed by atoms with E-state index < -0.39 is 11.6 Å². The van der Waals surface area contributed by atoms with Gasteiger partial charge < -0.3 is 9.55 Å². The minimum atomic E-state index is -0.835. The molecule has 4 heterocycles. The van der Waals surface area contributed by atoms with Crippen molar-refractivity contribution in [2.45, 2.75) is 69.0 Å². The Balaban J connectivity index is 1.31. The maximum absolute atomic E-state index is 14.3. The average molecular weight is 500 g/mol. The predicted molar refractivity (Wildman–Crippen MR) is 143 cm³/mol. The van der Waals surface area contributed by atoms with E-state index in [4.69, 9.17) is 0 Å². The highest BCUT2D eigenvalue weighted by Gasteiger charge is 2.50. The van der Waals surface area contributed by atoms with E-state index >= 15 is 0 Å². The number of hydrogen-bond donors (Lipinski definition) is 1. The summed E-state index contributed by atoms with van der Waals surface area (Å²) in [7, 11) is 1.96. The zero-order valence-corrected chi connectivity index (χ0v) is 21.4. The number of rotatable bonds is 6. The van der Waals surface area contributed by atoms with E-state index in [-0.39, 0.29) is 5.56 Å². The van der Waals surface area contributed by atoms with Crippen molar-refractivity contribution in [2.24, 2.45) is 7.05 Å². The first-order chi connectivity index (χ1) is 18.0. The Bertz CT molecular complexity index is 1510. The third-order valence-corrected chi connectivity index (χ3v) is 8.81. The van der Waals surface area contributed by atoms with E-state index in [1.54, 1.807) is 10.8 Å². The fourth-order valence-electron chi connectivity index (χ4n) is 6.67. The first kappa shape index (κ1) is 23.0. The van der Waals surface area contributed by atoms with E-state index in [2.05, 4.69) is 39.3 Å². The van der Waals surface area contributed by atoms with Gasteiger partial charge in [0.05, 0.1) is 5.41 Å². The molecule has 1 aliphatic heterocycles. The third kappa shape index (κ3) is 3.86. The molecule has 1 N–H and O–H groups in total. The molecule has 0 unspecified atom stereocenters. The molecule has 0 radical (unpaired) electrons. The number of imidazole rings is 1. The first-order valence-corrected chi connectivity index (χ1v) is 13.7. The van der Waals surface area contributed by atoms with Crippen LogP contribution in [0.2, 0.25) is 0 Å². The summed E-state index contributed by atoms with van der Waals surface area (Å²) >= 11 is 0. The second kappa shape index (κ2) is 8.69. The van der Waals surface area contributed by atoms with Gasteiger partial charge in [-0.3, -0.25) is 14.3 Å². The van der Waals surface area contributed by atoms with E-state index in [1.807, 2.05) is 29.9 Å². The SMILES string of the molecule is Cn1ccnc1C1(c2cccc(-n3cc(C4CC4)c4cc(CN5CCCCC5)[nH]c4c3=O)c2)CC(F)C1. The van der Waals surface area contributed by atoms with Crippen LogP contribution in [0.5, 0.6) is 0 Å². The van der Waals surface area contributed by atoms with Crippen molar-refractivity contribution in [2.75, 3.05) is 13.1 Å². The van der Waals surface area contributed by atoms with E-state index in [0.717, 1.165) is 47.8 Å². The zero-order valence-electron chi connectivity index (χ0n) is 21.4. The fourth-order valence-corrected chi connectivity index (χ4v) is 6.67. The second-order valence-corrected chi connectivity index (χ2v) is 11.5. The second-order valence-electron chi connectivity index (χ2n) is 11.5. The lowest BCUT2D eigenvalue weighted by Gasteiger charge is -2.44. The maximum Gasteiger partial charge on any atom is 0.279 e. The van der Waals surface area contributed by atoms with Gasteiger partial charge in [0.2, 0.25) is 0 Å². The number of halogens is 1. The van der Waals surface area contributed by atoms with Crippen LogP contribution < -0.4 is 5.56 Å². The van der Waals surface area contributed by atoms with Crippen molar-refractivity contribution < 1.29 is 4.39 Å². The lowest BCUT2D eigenvalue weighted by Crippen LogP contribution is -2.45. The van der Waals surface area contributed by atoms with Gasteiger partial charge in [0.15, 0.2) is 0 Å². The molecule has 3 aliphatic rings. The summed E-state index contributed by atoms with van der Waals surface area (Å²) < 4.78 is 18.1. The van der Waals surface area contributed by atoms with Crippen molar-refractivity contribution in [3.8, 4) is 5.69 Å². The number of likely N-dealkylation sites (tertiary alicyclic amines) is 1. The number of pyridine rings is 1. The van der Waals surface area contributed by atoms with Crippen molar-refractivity contribution in [1.29, 1.82) is 0 Å². The Labute approximate surface area is 216 Å². The molecule has 2 saturated carbocycles. The highest BCUT2D eigenvalue weighted by atomic mass is 19.1. The monoisotopic (exact) mass is 499 g/mol. The van der Waals surface area contributed by atoms with Crippen LogP contribution in [0.15, 0.2) is 53.7 Å². The topological polar surface area (TPSA) is 58.9 Å². The molecule has 0 bridgehead atoms. The molecule has 3 aromatic heterocycles. The molecular formula is C30H34FN5O. The number of benzene rings is 1. The van der Waals surface area contributed by atoms with E-state index in [9.17, 15) is 9.18 Å². The Morgan fingerprint density at radius 1 is 1.14 bits per heavy atom. The van der Waals surface area contributed by atoms with Crippen LogP contribution >= 0.6 is 0 Å². The van der Waals surface area contributed by atoms with Gasteiger partial charge in [-0.05, 0) is 86.9 Å². The number of aryl methyl sites for hydroxylation is 1. The van der Waals surface area contributed by atoms with E-state index in [1.165, 1.54) is 37.7 Å². The molecule has 1 aromatic carbocycles. The van der Waals surface area contributed by atoms with Gasteiger partial charge in [-0.2, -0.15) is 0 Å². The van der Waals surface area contributed by atoms with Gasteiger partial charge in [-0.15, -0.1) is 0 Å². The molecule has 192 valence electrons. The molecule has 1 saturated heterocycles. The lowest BCUT2D eigenvalue weighted by molar-refractivity contribution is 0.115. The van der Waals surface area contributed by atoms with Crippen molar-refractivity contribution >= 4 is 10.9 Å². The number of H-pyrrole nitrogens is 1. The summed E-state index contributed by atoms with van der Waals surface area (Å²) in [5.74, 6) is 1.39. The fraction of sp³-hybridized carbons (Fsp3) is 0.467. The normalized spacial score (nSPS) is 24.4. The smallest absolute Gasteiger partial charge is 0.279 e. The molecule has 0 atom stereocenters. The summed E-state index contributed by atoms with van der Waals surface area (Å²) in [5.41, 5.74) is 4.44. The van der Waals surface area contributed by atoms with Gasteiger partial charge in [-0.1, -0.05) is 18.6 Å². The number of piperidine rings is 1. The van der Waals surface area contributed by atoms with Crippen LogP contribution in [0.25, 0.3) is 16.6 Å². The Morgan fingerprint density at radius 3 is 2.65 bits per heavy atom. The standard InChI is InChI=1S/C30H34FN5O/c1-34-13-10-32-29(34)30(16-22(31)17-30)21-6-5-7-24(14-21)36-19-26(20-8-9-20)25-15-23(33-27(25)28(36)37)18-35-11-3-2-4-12-35/h5-7,10,13-15,19-20,22,33H,2-4,8-9,11-12,16-18H2,1H3. The number of aromatic nitrogens is 4. The van der Waals surface area contributed by atoms with Gasteiger partial charge in [0.25, 0.3) is 5.56 Å². The quantitative estimate of drug-likeness (QED) is 0.390. The molecule has 7 heteroatoms. The lowest BCUT2D eigenvalue weighted by atomic mass is 9.62. The highest BCUT2D eigenvalue weighted by Crippen LogP contribution is 2.50. The Kier molecular flexibility index (Phi) is 5.39. The summed E-state index contributed by atoms with van der Waals surface area (Å²) in [6, 6.07) is 10.3. The molecule has 37 heavy (non-hydrogen) atoms. The largest absolute Gasteiger partial charge is 0.353 e. The zero-order chi connectivity index (χ0) is 25.1. The molecule has 3 fully saturated rings.